The number of hydrogen-bond donors (Lipinski definition) is 0. The van der Waals surface area contributed by atoms with E-state index in [4.69, 9.17) is 0 Å². The highest BCUT2D eigenvalue weighted by atomic mass is 16.2. The van der Waals surface area contributed by atoms with E-state index >= 15 is 0 Å². The fourth-order valence-electron chi connectivity index (χ4n) is 3.78. The van der Waals surface area contributed by atoms with Crippen LogP contribution in [-0.4, -0.2) is 26.9 Å². The van der Waals surface area contributed by atoms with Gasteiger partial charge in [-0.3, -0.25) is 4.79 Å². The molecule has 1 aromatic heterocycles. The van der Waals surface area contributed by atoms with Gasteiger partial charge in [0.2, 0.25) is 5.91 Å². The van der Waals surface area contributed by atoms with E-state index in [0.29, 0.717) is 13.1 Å². The van der Waals surface area contributed by atoms with Gasteiger partial charge in [-0.15, -0.1) is 6.58 Å². The Balaban J connectivity index is 1.76. The van der Waals surface area contributed by atoms with Gasteiger partial charge in [0, 0.05) is 31.4 Å². The molecule has 1 heterocycles. The Morgan fingerprint density at radius 2 is 2.12 bits per heavy atom. The summed E-state index contributed by atoms with van der Waals surface area (Å²) in [6.07, 6.45) is 10.0. The number of carbonyl (C=O) groups is 1. The first-order chi connectivity index (χ1) is 12.6. The highest BCUT2D eigenvalue weighted by molar-refractivity contribution is 5.79. The van der Waals surface area contributed by atoms with Crippen LogP contribution in [0.1, 0.15) is 48.2 Å². The molecule has 26 heavy (non-hydrogen) atoms. The first kappa shape index (κ1) is 18.4. The molecule has 1 amide bonds. The fourth-order valence-corrected chi connectivity index (χ4v) is 3.78. The van der Waals surface area contributed by atoms with Crippen molar-refractivity contribution in [2.75, 3.05) is 6.54 Å². The average Bonchev–Trinajstić information content (AvgIpc) is 3.29. The minimum atomic E-state index is 0.178. The number of imidazole rings is 1. The fraction of sp³-hybridized carbons (Fsp3) is 0.455. The van der Waals surface area contributed by atoms with Gasteiger partial charge >= 0.3 is 0 Å². The number of aryl methyl sites for hydroxylation is 2. The van der Waals surface area contributed by atoms with Crippen LogP contribution in [0.5, 0.6) is 0 Å². The van der Waals surface area contributed by atoms with E-state index in [2.05, 4.69) is 48.2 Å². The second-order valence-corrected chi connectivity index (χ2v) is 7.39. The lowest BCUT2D eigenvalue weighted by Crippen LogP contribution is -2.35. The maximum Gasteiger partial charge on any atom is 0.226 e. The first-order valence-corrected chi connectivity index (χ1v) is 9.54. The lowest BCUT2D eigenvalue weighted by molar-refractivity contribution is -0.135. The van der Waals surface area contributed by atoms with Gasteiger partial charge in [0.05, 0.1) is 6.54 Å². The smallest absolute Gasteiger partial charge is 0.226 e. The lowest BCUT2D eigenvalue weighted by Gasteiger charge is -2.24. The van der Waals surface area contributed by atoms with Crippen molar-refractivity contribution in [3.63, 3.8) is 0 Å². The number of carbonyl (C=O) groups excluding carboxylic acids is 1. The number of benzene rings is 1. The predicted octanol–water partition coefficient (Wildman–Crippen LogP) is 4.25. The van der Waals surface area contributed by atoms with Gasteiger partial charge in [-0.25, -0.2) is 4.98 Å². The summed E-state index contributed by atoms with van der Waals surface area (Å²) >= 11 is 0. The summed E-state index contributed by atoms with van der Waals surface area (Å²) in [4.78, 5) is 19.3. The van der Waals surface area contributed by atoms with E-state index in [1.54, 1.807) is 0 Å². The molecule has 1 saturated carbocycles. The maximum absolute atomic E-state index is 12.9. The van der Waals surface area contributed by atoms with Crippen LogP contribution in [0.2, 0.25) is 0 Å². The molecule has 138 valence electrons. The number of aromatic nitrogens is 2. The maximum atomic E-state index is 12.9. The summed E-state index contributed by atoms with van der Waals surface area (Å²) in [5.41, 5.74) is 3.83. The Labute approximate surface area is 156 Å². The molecule has 0 bridgehead atoms. The molecule has 0 unspecified atom stereocenters. The van der Waals surface area contributed by atoms with Crippen molar-refractivity contribution in [2.24, 2.45) is 5.92 Å². The third kappa shape index (κ3) is 4.24. The standard InChI is InChI=1S/C22H29N3O/c1-4-12-25(22(26)19-7-5-6-8-19)16-21-23-11-13-24(21)15-20-14-17(2)9-10-18(20)3/h4,9-11,13-14,19H,1,5-8,12,15-16H2,2-3H3. The molecule has 0 N–H and O–H groups in total. The minimum absolute atomic E-state index is 0.178. The van der Waals surface area contributed by atoms with Gasteiger partial charge in [0.25, 0.3) is 0 Å². The van der Waals surface area contributed by atoms with Crippen LogP contribution in [0, 0.1) is 19.8 Å². The highest BCUT2D eigenvalue weighted by Crippen LogP contribution is 2.27. The molecule has 0 saturated heterocycles. The molecular weight excluding hydrogens is 322 g/mol. The van der Waals surface area contributed by atoms with E-state index in [0.717, 1.165) is 25.2 Å². The van der Waals surface area contributed by atoms with Crippen LogP contribution < -0.4 is 0 Å². The summed E-state index contributed by atoms with van der Waals surface area (Å²) in [5, 5.41) is 0. The van der Waals surface area contributed by atoms with Crippen molar-refractivity contribution in [1.82, 2.24) is 14.5 Å². The molecule has 0 spiro atoms. The number of nitrogens with zero attached hydrogens (tertiary/aromatic N) is 3. The summed E-state index contributed by atoms with van der Waals surface area (Å²) < 4.78 is 2.15. The molecule has 2 aromatic rings. The molecule has 3 rings (SSSR count). The van der Waals surface area contributed by atoms with Gasteiger partial charge in [-0.2, -0.15) is 0 Å². The quantitative estimate of drug-likeness (QED) is 0.699. The van der Waals surface area contributed by atoms with Crippen LogP contribution in [0.25, 0.3) is 0 Å². The third-order valence-corrected chi connectivity index (χ3v) is 5.34. The second-order valence-electron chi connectivity index (χ2n) is 7.39. The van der Waals surface area contributed by atoms with Gasteiger partial charge < -0.3 is 9.47 Å². The van der Waals surface area contributed by atoms with Crippen LogP contribution in [0.4, 0.5) is 0 Å². The summed E-state index contributed by atoms with van der Waals surface area (Å²) in [7, 11) is 0. The minimum Gasteiger partial charge on any atom is -0.331 e. The third-order valence-electron chi connectivity index (χ3n) is 5.34. The van der Waals surface area contributed by atoms with E-state index in [-0.39, 0.29) is 11.8 Å². The van der Waals surface area contributed by atoms with Crippen molar-refractivity contribution in [3.8, 4) is 0 Å². The summed E-state index contributed by atoms with van der Waals surface area (Å²) in [6.45, 7) is 9.98. The van der Waals surface area contributed by atoms with Gasteiger partial charge in [0.1, 0.15) is 5.82 Å². The van der Waals surface area contributed by atoms with E-state index < -0.39 is 0 Å². The topological polar surface area (TPSA) is 38.1 Å². The zero-order valence-corrected chi connectivity index (χ0v) is 15.9. The highest BCUT2D eigenvalue weighted by Gasteiger charge is 2.27. The van der Waals surface area contributed by atoms with Crippen LogP contribution >= 0.6 is 0 Å². The van der Waals surface area contributed by atoms with Gasteiger partial charge in [-0.05, 0) is 37.8 Å². The first-order valence-electron chi connectivity index (χ1n) is 9.54. The zero-order valence-electron chi connectivity index (χ0n) is 15.9. The molecule has 1 aliphatic rings. The summed E-state index contributed by atoms with van der Waals surface area (Å²) in [6, 6.07) is 6.53. The molecule has 0 atom stereocenters. The molecule has 4 nitrogen and oxygen atoms in total. The largest absolute Gasteiger partial charge is 0.331 e. The predicted molar refractivity (Wildman–Crippen MR) is 105 cm³/mol. The lowest BCUT2D eigenvalue weighted by atomic mass is 10.1. The Hall–Kier alpha value is -2.36. The molecule has 0 aliphatic heterocycles. The normalized spacial score (nSPS) is 14.5. The molecule has 4 heteroatoms. The van der Waals surface area contributed by atoms with Gasteiger partial charge in [-0.1, -0.05) is 42.7 Å². The Kier molecular flexibility index (Phi) is 5.92. The van der Waals surface area contributed by atoms with E-state index in [1.165, 1.54) is 29.5 Å². The van der Waals surface area contributed by atoms with Crippen molar-refractivity contribution < 1.29 is 4.79 Å². The molecule has 1 aliphatic carbocycles. The van der Waals surface area contributed by atoms with E-state index in [9.17, 15) is 4.79 Å². The van der Waals surface area contributed by atoms with Crippen molar-refractivity contribution >= 4 is 5.91 Å². The van der Waals surface area contributed by atoms with Crippen LogP contribution in [0.15, 0.2) is 43.2 Å². The number of rotatable bonds is 7. The zero-order chi connectivity index (χ0) is 18.5. The molecule has 1 fully saturated rings. The Morgan fingerprint density at radius 1 is 1.35 bits per heavy atom. The molecule has 1 aromatic carbocycles. The van der Waals surface area contributed by atoms with Crippen LogP contribution in [-0.2, 0) is 17.9 Å². The molecule has 0 radical (unpaired) electrons. The van der Waals surface area contributed by atoms with Crippen molar-refractivity contribution in [2.45, 2.75) is 52.6 Å². The number of amides is 1. The van der Waals surface area contributed by atoms with Gasteiger partial charge in [0.15, 0.2) is 0 Å². The summed E-state index contributed by atoms with van der Waals surface area (Å²) in [5.74, 6) is 1.36. The average molecular weight is 351 g/mol. The Bertz CT molecular complexity index is 771. The molecular formula is C22H29N3O. The van der Waals surface area contributed by atoms with E-state index in [1.807, 2.05) is 23.4 Å². The SMILES string of the molecule is C=CCN(Cc1nccn1Cc1cc(C)ccc1C)C(=O)C1CCCC1. The number of hydrogen-bond acceptors (Lipinski definition) is 2. The van der Waals surface area contributed by atoms with Crippen molar-refractivity contribution in [3.05, 3.63) is 65.8 Å². The monoisotopic (exact) mass is 351 g/mol. The Morgan fingerprint density at radius 3 is 2.85 bits per heavy atom. The second kappa shape index (κ2) is 8.35. The van der Waals surface area contributed by atoms with Crippen LogP contribution in [0.3, 0.4) is 0 Å². The van der Waals surface area contributed by atoms with Crippen molar-refractivity contribution in [1.29, 1.82) is 0 Å².